The Morgan fingerprint density at radius 2 is 1.89 bits per heavy atom. The van der Waals surface area contributed by atoms with Crippen molar-refractivity contribution in [3.63, 3.8) is 0 Å². The maximum absolute atomic E-state index is 11.6. The van der Waals surface area contributed by atoms with E-state index < -0.39 is 0 Å². The second-order valence-corrected chi connectivity index (χ2v) is 4.67. The number of amides is 1. The van der Waals surface area contributed by atoms with E-state index in [0.29, 0.717) is 6.54 Å². The van der Waals surface area contributed by atoms with Crippen molar-refractivity contribution in [1.82, 2.24) is 5.32 Å². The predicted octanol–water partition coefficient (Wildman–Crippen LogP) is 3.69. The van der Waals surface area contributed by atoms with E-state index in [4.69, 9.17) is 16.0 Å². The Hall–Kier alpha value is -1.74. The summed E-state index contributed by atoms with van der Waals surface area (Å²) in [5.74, 6) is 0.0414. The minimum absolute atomic E-state index is 0.216. The summed E-state index contributed by atoms with van der Waals surface area (Å²) in [6.07, 6.45) is 3.02. The maximum Gasteiger partial charge on any atom is 0.287 e. The van der Waals surface area contributed by atoms with Crippen molar-refractivity contribution in [2.24, 2.45) is 0 Å². The van der Waals surface area contributed by atoms with E-state index in [-0.39, 0.29) is 16.9 Å². The van der Waals surface area contributed by atoms with Crippen LogP contribution in [0.15, 0.2) is 46.9 Å². The van der Waals surface area contributed by atoms with Gasteiger partial charge in [0.1, 0.15) is 0 Å². The molecule has 2 rings (SSSR count). The number of aryl methyl sites for hydroxylation is 1. The van der Waals surface area contributed by atoms with E-state index >= 15 is 0 Å². The number of hydrogen-bond acceptors (Lipinski definition) is 2. The first-order chi connectivity index (χ1) is 9.25. The van der Waals surface area contributed by atoms with Crippen LogP contribution in [-0.2, 0) is 6.42 Å². The van der Waals surface area contributed by atoms with Gasteiger partial charge in [0.2, 0.25) is 0 Å². The van der Waals surface area contributed by atoms with Crippen molar-refractivity contribution in [2.75, 3.05) is 6.54 Å². The first-order valence-electron chi connectivity index (χ1n) is 6.33. The summed E-state index contributed by atoms with van der Waals surface area (Å²) >= 11 is 5.61. The summed E-state index contributed by atoms with van der Waals surface area (Å²) in [5.41, 5.74) is 1.33. The van der Waals surface area contributed by atoms with Gasteiger partial charge in [-0.2, -0.15) is 0 Å². The minimum atomic E-state index is -0.216. The predicted molar refractivity (Wildman–Crippen MR) is 75.4 cm³/mol. The van der Waals surface area contributed by atoms with Gasteiger partial charge in [0.15, 0.2) is 11.0 Å². The van der Waals surface area contributed by atoms with E-state index in [1.54, 1.807) is 12.1 Å². The summed E-state index contributed by atoms with van der Waals surface area (Å²) in [6.45, 7) is 0.643. The molecule has 0 radical (unpaired) electrons. The van der Waals surface area contributed by atoms with Crippen LogP contribution in [0.3, 0.4) is 0 Å². The molecule has 1 amide bonds. The second-order valence-electron chi connectivity index (χ2n) is 4.30. The average molecular weight is 278 g/mol. The number of rotatable bonds is 6. The number of carbonyl (C=O) groups is 1. The van der Waals surface area contributed by atoms with E-state index in [9.17, 15) is 4.79 Å². The van der Waals surface area contributed by atoms with Crippen LogP contribution in [0.25, 0.3) is 0 Å². The molecule has 2 aromatic rings. The van der Waals surface area contributed by atoms with Gasteiger partial charge in [0.25, 0.3) is 5.91 Å². The van der Waals surface area contributed by atoms with Gasteiger partial charge >= 0.3 is 0 Å². The maximum atomic E-state index is 11.6. The number of carbonyl (C=O) groups excluding carboxylic acids is 1. The third-order valence-corrected chi connectivity index (χ3v) is 3.02. The highest BCUT2D eigenvalue weighted by Gasteiger charge is 2.09. The quantitative estimate of drug-likeness (QED) is 0.818. The molecule has 1 N–H and O–H groups in total. The van der Waals surface area contributed by atoms with Crippen LogP contribution in [0.5, 0.6) is 0 Å². The molecule has 0 unspecified atom stereocenters. The zero-order chi connectivity index (χ0) is 13.5. The van der Waals surface area contributed by atoms with Gasteiger partial charge in [-0.1, -0.05) is 30.3 Å². The fourth-order valence-electron chi connectivity index (χ4n) is 1.82. The number of halogens is 1. The Morgan fingerprint density at radius 3 is 2.58 bits per heavy atom. The van der Waals surface area contributed by atoms with Crippen LogP contribution in [0.1, 0.15) is 29.0 Å². The number of furan rings is 1. The van der Waals surface area contributed by atoms with Crippen molar-refractivity contribution in [3.05, 3.63) is 59.0 Å². The van der Waals surface area contributed by atoms with Crippen LogP contribution in [-0.4, -0.2) is 12.5 Å². The van der Waals surface area contributed by atoms with E-state index in [2.05, 4.69) is 17.4 Å². The molecule has 0 spiro atoms. The molecule has 19 heavy (non-hydrogen) atoms. The zero-order valence-electron chi connectivity index (χ0n) is 10.6. The zero-order valence-corrected chi connectivity index (χ0v) is 11.3. The third kappa shape index (κ3) is 4.45. The van der Waals surface area contributed by atoms with Gasteiger partial charge in [0.05, 0.1) is 0 Å². The lowest BCUT2D eigenvalue weighted by molar-refractivity contribution is 0.0925. The minimum Gasteiger partial charge on any atom is -0.440 e. The van der Waals surface area contributed by atoms with Gasteiger partial charge in [-0.25, -0.2) is 0 Å². The van der Waals surface area contributed by atoms with Crippen molar-refractivity contribution < 1.29 is 9.21 Å². The van der Waals surface area contributed by atoms with Crippen LogP contribution in [0, 0.1) is 0 Å². The molecular formula is C15H16ClNO2. The largest absolute Gasteiger partial charge is 0.440 e. The topological polar surface area (TPSA) is 42.2 Å². The normalized spacial score (nSPS) is 10.4. The standard InChI is InChI=1S/C15H16ClNO2/c16-14-10-9-13(19-14)15(18)17-11-5-4-8-12-6-2-1-3-7-12/h1-3,6-7,9-10H,4-5,8,11H2,(H,17,18). The first kappa shape index (κ1) is 13.7. The Kier molecular flexibility index (Phi) is 5.04. The van der Waals surface area contributed by atoms with Gasteiger partial charge < -0.3 is 9.73 Å². The molecule has 0 saturated heterocycles. The van der Waals surface area contributed by atoms with Crippen molar-refractivity contribution >= 4 is 17.5 Å². The average Bonchev–Trinajstić information content (AvgIpc) is 2.86. The number of benzene rings is 1. The van der Waals surface area contributed by atoms with Crippen LogP contribution < -0.4 is 5.32 Å². The molecule has 0 atom stereocenters. The molecule has 0 aliphatic heterocycles. The van der Waals surface area contributed by atoms with Gasteiger partial charge in [-0.15, -0.1) is 0 Å². The van der Waals surface area contributed by atoms with Crippen molar-refractivity contribution in [2.45, 2.75) is 19.3 Å². The summed E-state index contributed by atoms with van der Waals surface area (Å²) in [4.78, 5) is 11.6. The molecule has 0 aliphatic carbocycles. The van der Waals surface area contributed by atoms with Gasteiger partial charge in [-0.05, 0) is 48.6 Å². The summed E-state index contributed by atoms with van der Waals surface area (Å²) in [6, 6.07) is 13.5. The monoisotopic (exact) mass is 277 g/mol. The van der Waals surface area contributed by atoms with E-state index in [0.717, 1.165) is 19.3 Å². The van der Waals surface area contributed by atoms with E-state index in [1.165, 1.54) is 5.56 Å². The van der Waals surface area contributed by atoms with Crippen LogP contribution in [0.4, 0.5) is 0 Å². The van der Waals surface area contributed by atoms with Gasteiger partial charge in [-0.3, -0.25) is 4.79 Å². The third-order valence-electron chi connectivity index (χ3n) is 2.82. The number of unbranched alkanes of at least 4 members (excludes halogenated alkanes) is 1. The van der Waals surface area contributed by atoms with Crippen LogP contribution >= 0.6 is 11.6 Å². The number of nitrogens with one attached hydrogen (secondary N) is 1. The molecular weight excluding hydrogens is 262 g/mol. The van der Waals surface area contributed by atoms with E-state index in [1.807, 2.05) is 18.2 Å². The molecule has 1 aromatic carbocycles. The van der Waals surface area contributed by atoms with Crippen LogP contribution in [0.2, 0.25) is 5.22 Å². The highest BCUT2D eigenvalue weighted by molar-refractivity contribution is 6.29. The van der Waals surface area contributed by atoms with Gasteiger partial charge in [0, 0.05) is 6.54 Å². The highest BCUT2D eigenvalue weighted by atomic mass is 35.5. The summed E-state index contributed by atoms with van der Waals surface area (Å²) < 4.78 is 5.03. The molecule has 0 fully saturated rings. The highest BCUT2D eigenvalue weighted by Crippen LogP contribution is 2.12. The smallest absolute Gasteiger partial charge is 0.287 e. The number of hydrogen-bond donors (Lipinski definition) is 1. The molecule has 0 bridgehead atoms. The Bertz CT molecular complexity index is 522. The van der Waals surface area contributed by atoms with Crippen molar-refractivity contribution in [1.29, 1.82) is 0 Å². The SMILES string of the molecule is O=C(NCCCCc1ccccc1)c1ccc(Cl)o1. The Morgan fingerprint density at radius 1 is 1.11 bits per heavy atom. The molecule has 1 aromatic heterocycles. The lowest BCUT2D eigenvalue weighted by Crippen LogP contribution is -2.23. The molecule has 4 heteroatoms. The molecule has 0 saturated carbocycles. The second kappa shape index (κ2) is 7.00. The fourth-order valence-corrected chi connectivity index (χ4v) is 1.97. The Balaban J connectivity index is 1.63. The molecule has 100 valence electrons. The lowest BCUT2D eigenvalue weighted by Gasteiger charge is -2.03. The Labute approximate surface area is 117 Å². The first-order valence-corrected chi connectivity index (χ1v) is 6.71. The molecule has 0 aliphatic rings. The molecule has 1 heterocycles. The summed E-state index contributed by atoms with van der Waals surface area (Å²) in [7, 11) is 0. The fraction of sp³-hybridized carbons (Fsp3) is 0.267. The van der Waals surface area contributed by atoms with Crippen molar-refractivity contribution in [3.8, 4) is 0 Å². The summed E-state index contributed by atoms with van der Waals surface area (Å²) in [5, 5.41) is 3.04. The molecule has 3 nitrogen and oxygen atoms in total. The lowest BCUT2D eigenvalue weighted by atomic mass is 10.1.